The Kier molecular flexibility index (Phi) is 9.23. The molecule has 0 aromatic carbocycles. The summed E-state index contributed by atoms with van der Waals surface area (Å²) < 4.78 is 0.113. The van der Waals surface area contributed by atoms with Crippen LogP contribution in [0.25, 0.3) is 0 Å². The maximum absolute atomic E-state index is 13.0. The molecule has 0 saturated carbocycles. The molecular weight excluding hydrogens is 582 g/mol. The minimum atomic E-state index is -1.36. The fourth-order valence-electron chi connectivity index (χ4n) is 3.68. The number of nitrogens with one attached hydrogen (secondary N) is 2. The van der Waals surface area contributed by atoms with Gasteiger partial charge in [0.15, 0.2) is 11.2 Å². The van der Waals surface area contributed by atoms with E-state index in [0.29, 0.717) is 23.0 Å². The highest BCUT2D eigenvalue weighted by atomic mass is 35.5. The van der Waals surface area contributed by atoms with Crippen LogP contribution in [0.4, 0.5) is 5.13 Å². The first-order chi connectivity index (χ1) is 17.8. The zero-order valence-corrected chi connectivity index (χ0v) is 22.9. The third kappa shape index (κ3) is 5.85. The molecule has 0 unspecified atom stereocenters. The van der Waals surface area contributed by atoms with Gasteiger partial charge in [-0.1, -0.05) is 34.7 Å². The number of fused-ring (bicyclic) bond motifs is 1. The number of carbonyl (C=O) groups is 3. The standard InChI is InChI=1S/C20H22ClN7O5S4/c21-15-11(26-20(23)37-15)12(27-33)16(29)25-13-17(30)28-14(19(31)32)10(7-35-18(13)28)36-9-1-3-24-5-8(9)6-34-4-2-22/h1,3,5,12-13,18,27,33H,2,4,6-7,22H2,(H2,23,26)(H,25,29)(H,31,32)/t12-,13-,18-/m1/s1. The third-order valence-corrected chi connectivity index (χ3v) is 10.2. The second kappa shape index (κ2) is 12.2. The molecule has 4 heterocycles. The normalized spacial score (nSPS) is 19.9. The number of thioether (sulfide) groups is 3. The van der Waals surface area contributed by atoms with Crippen LogP contribution in [0.1, 0.15) is 17.3 Å². The number of hydrogen-bond donors (Lipinski definition) is 6. The Morgan fingerprint density at radius 2 is 2.19 bits per heavy atom. The van der Waals surface area contributed by atoms with E-state index in [9.17, 15) is 24.7 Å². The molecule has 198 valence electrons. The van der Waals surface area contributed by atoms with Crippen molar-refractivity contribution >= 4 is 81.1 Å². The van der Waals surface area contributed by atoms with E-state index >= 15 is 0 Å². The lowest BCUT2D eigenvalue weighted by molar-refractivity contribution is -0.151. The second-order valence-electron chi connectivity index (χ2n) is 7.67. The van der Waals surface area contributed by atoms with E-state index in [-0.39, 0.29) is 20.9 Å². The van der Waals surface area contributed by atoms with Crippen LogP contribution in [0.5, 0.6) is 0 Å². The first-order valence-corrected chi connectivity index (χ1v) is 14.9. The Morgan fingerprint density at radius 3 is 2.84 bits per heavy atom. The topological polar surface area (TPSA) is 197 Å². The minimum absolute atomic E-state index is 0.0201. The van der Waals surface area contributed by atoms with Crippen LogP contribution in [0.3, 0.4) is 0 Å². The second-order valence-corrected chi connectivity index (χ2v) is 12.7. The molecule has 2 aliphatic rings. The summed E-state index contributed by atoms with van der Waals surface area (Å²) in [7, 11) is 0. The predicted octanol–water partition coefficient (Wildman–Crippen LogP) is 1.47. The lowest BCUT2D eigenvalue weighted by Gasteiger charge is -2.49. The number of rotatable bonds is 11. The monoisotopic (exact) mass is 603 g/mol. The maximum atomic E-state index is 13.0. The number of aromatic nitrogens is 2. The van der Waals surface area contributed by atoms with Crippen LogP contribution in [0.15, 0.2) is 34.0 Å². The molecule has 0 aliphatic carbocycles. The Morgan fingerprint density at radius 1 is 1.41 bits per heavy atom. The number of anilines is 1. The fourth-order valence-corrected chi connectivity index (χ4v) is 8.08. The number of carboxylic acid groups (broad SMARTS) is 1. The van der Waals surface area contributed by atoms with Crippen LogP contribution in [0, 0.1) is 0 Å². The predicted molar refractivity (Wildman–Crippen MR) is 144 cm³/mol. The molecule has 0 bridgehead atoms. The van der Waals surface area contributed by atoms with Gasteiger partial charge in [-0.3, -0.25) is 19.5 Å². The van der Waals surface area contributed by atoms with Crippen LogP contribution in [-0.4, -0.2) is 72.4 Å². The molecule has 0 radical (unpaired) electrons. The first kappa shape index (κ1) is 28.0. The molecule has 12 nitrogen and oxygen atoms in total. The maximum Gasteiger partial charge on any atom is 0.353 e. The number of β-lactam (4-membered cyclic amide) rings is 1. The van der Waals surface area contributed by atoms with Gasteiger partial charge in [-0.2, -0.15) is 17.2 Å². The van der Waals surface area contributed by atoms with E-state index < -0.39 is 35.2 Å². The van der Waals surface area contributed by atoms with Crippen molar-refractivity contribution in [1.29, 1.82) is 0 Å². The van der Waals surface area contributed by atoms with Crippen molar-refractivity contribution in [3.05, 3.63) is 44.7 Å². The van der Waals surface area contributed by atoms with E-state index in [1.54, 1.807) is 24.2 Å². The summed E-state index contributed by atoms with van der Waals surface area (Å²) in [4.78, 5) is 48.7. The average Bonchev–Trinajstić information content (AvgIpc) is 3.20. The summed E-state index contributed by atoms with van der Waals surface area (Å²) in [5.41, 5.74) is 13.9. The number of halogens is 1. The highest BCUT2D eigenvalue weighted by molar-refractivity contribution is 8.06. The molecule has 37 heavy (non-hydrogen) atoms. The van der Waals surface area contributed by atoms with Crippen LogP contribution < -0.4 is 22.3 Å². The molecule has 2 aromatic heterocycles. The van der Waals surface area contributed by atoms with Crippen molar-refractivity contribution in [2.45, 2.75) is 28.1 Å². The molecule has 2 amide bonds. The Balaban J connectivity index is 1.51. The van der Waals surface area contributed by atoms with Crippen LogP contribution in [-0.2, 0) is 20.1 Å². The number of nitrogen functional groups attached to an aromatic ring is 1. The summed E-state index contributed by atoms with van der Waals surface area (Å²) in [6, 6.07) is -0.543. The highest BCUT2D eigenvalue weighted by Crippen LogP contribution is 2.46. The van der Waals surface area contributed by atoms with Gasteiger partial charge in [-0.05, 0) is 11.6 Å². The molecule has 4 rings (SSSR count). The fraction of sp³-hybridized carbons (Fsp3) is 0.350. The Bertz CT molecular complexity index is 1250. The number of hydroxylamine groups is 1. The van der Waals surface area contributed by atoms with Crippen molar-refractivity contribution in [2.75, 3.05) is 23.8 Å². The lowest BCUT2D eigenvalue weighted by atomic mass is 10.0. The van der Waals surface area contributed by atoms with Gasteiger partial charge in [0.2, 0.25) is 5.91 Å². The van der Waals surface area contributed by atoms with E-state index in [4.69, 9.17) is 23.1 Å². The summed E-state index contributed by atoms with van der Waals surface area (Å²) in [6.07, 6.45) is 3.37. The molecule has 2 aliphatic heterocycles. The number of thiazole rings is 1. The van der Waals surface area contributed by atoms with Gasteiger partial charge in [0.1, 0.15) is 27.1 Å². The number of hydrogen-bond acceptors (Lipinski definition) is 13. The van der Waals surface area contributed by atoms with Gasteiger partial charge in [0, 0.05) is 46.0 Å². The molecule has 3 atom stereocenters. The van der Waals surface area contributed by atoms with Crippen LogP contribution >= 0.6 is 58.2 Å². The number of carboxylic acids is 1. The van der Waals surface area contributed by atoms with E-state index in [1.165, 1.54) is 28.4 Å². The highest BCUT2D eigenvalue weighted by Gasteiger charge is 2.54. The summed E-state index contributed by atoms with van der Waals surface area (Å²) >= 11 is 11.3. The van der Waals surface area contributed by atoms with E-state index in [0.717, 1.165) is 27.5 Å². The largest absolute Gasteiger partial charge is 0.477 e. The van der Waals surface area contributed by atoms with Gasteiger partial charge in [-0.15, -0.1) is 11.8 Å². The SMILES string of the molecule is NCCSCc1cnccc1SC1=C(C(=O)O)N2C(=O)[C@@H](NC(=O)[C@H](NO)c3nc(N)sc3Cl)[C@H]2SC1. The van der Waals surface area contributed by atoms with Crippen molar-refractivity contribution in [1.82, 2.24) is 25.7 Å². The Hall–Kier alpha value is -2.05. The number of nitrogens with zero attached hydrogens (tertiary/aromatic N) is 3. The number of nitrogens with two attached hydrogens (primary N) is 2. The molecule has 8 N–H and O–H groups in total. The van der Waals surface area contributed by atoms with Crippen molar-refractivity contribution in [3.8, 4) is 0 Å². The molecule has 1 saturated heterocycles. The van der Waals surface area contributed by atoms with Gasteiger partial charge < -0.3 is 27.1 Å². The molecular formula is C20H22ClN7O5S4. The van der Waals surface area contributed by atoms with Gasteiger partial charge in [-0.25, -0.2) is 9.78 Å². The molecule has 0 spiro atoms. The van der Waals surface area contributed by atoms with Gasteiger partial charge in [0.05, 0.1) is 0 Å². The number of carbonyl (C=O) groups excluding carboxylic acids is 2. The molecule has 2 aromatic rings. The zero-order valence-electron chi connectivity index (χ0n) is 18.9. The van der Waals surface area contributed by atoms with E-state index in [2.05, 4.69) is 15.3 Å². The molecule has 17 heteroatoms. The quantitative estimate of drug-likeness (QED) is 0.123. The smallest absolute Gasteiger partial charge is 0.353 e. The zero-order chi connectivity index (χ0) is 26.7. The Labute approximate surface area is 232 Å². The number of aliphatic carboxylic acids is 1. The summed E-state index contributed by atoms with van der Waals surface area (Å²) in [5.74, 6) is -0.797. The van der Waals surface area contributed by atoms with Gasteiger partial charge in [0.25, 0.3) is 5.91 Å². The van der Waals surface area contributed by atoms with E-state index in [1.807, 2.05) is 11.5 Å². The molecule has 1 fully saturated rings. The van der Waals surface area contributed by atoms with Crippen molar-refractivity contribution in [3.63, 3.8) is 0 Å². The first-order valence-electron chi connectivity index (χ1n) is 10.7. The summed E-state index contributed by atoms with van der Waals surface area (Å²) in [5, 5.41) is 21.5. The lowest BCUT2D eigenvalue weighted by Crippen LogP contribution is -2.71. The number of pyridine rings is 1. The summed E-state index contributed by atoms with van der Waals surface area (Å²) in [6.45, 7) is 0.550. The number of amides is 2. The minimum Gasteiger partial charge on any atom is -0.477 e. The average molecular weight is 604 g/mol. The van der Waals surface area contributed by atoms with Crippen LogP contribution in [0.2, 0.25) is 4.34 Å². The van der Waals surface area contributed by atoms with Gasteiger partial charge >= 0.3 is 5.97 Å². The van der Waals surface area contributed by atoms with Crippen molar-refractivity contribution < 1.29 is 24.7 Å². The third-order valence-electron chi connectivity index (χ3n) is 5.34. The van der Waals surface area contributed by atoms with Crippen molar-refractivity contribution in [2.24, 2.45) is 5.73 Å².